The largest absolute Gasteiger partial charge is 0.507 e. The maximum absolute atomic E-state index is 13.2. The normalized spacial score (nSPS) is 21.2. The number of halogens is 1. The highest BCUT2D eigenvalue weighted by Crippen LogP contribution is 2.39. The third-order valence-electron chi connectivity index (χ3n) is 6.34. The number of rotatable bonds is 6. The first-order valence-electron chi connectivity index (χ1n) is 11.3. The Morgan fingerprint density at radius 1 is 1.03 bits per heavy atom. The zero-order valence-corrected chi connectivity index (χ0v) is 20.5. The standard InChI is InChI=1S/C26H29BrN2O4/c1-17(2)18-3-5-19(6-4-18)23-22(24(30)20-7-9-21(27)10-8-20)25(31)26(32)29(23)12-11-28-13-15-33-16-14-28/h3-10,17,23,30H,11-16H2,1-2H3/t23-/m1/s1. The Bertz CT molecular complexity index is 1040. The molecule has 6 nitrogen and oxygen atoms in total. The lowest BCUT2D eigenvalue weighted by atomic mass is 9.93. The van der Waals surface area contributed by atoms with Crippen LogP contribution in [0.4, 0.5) is 0 Å². The topological polar surface area (TPSA) is 70.1 Å². The van der Waals surface area contributed by atoms with Gasteiger partial charge in [-0.05, 0) is 29.2 Å². The van der Waals surface area contributed by atoms with E-state index in [1.54, 1.807) is 29.2 Å². The van der Waals surface area contributed by atoms with Gasteiger partial charge in [0.2, 0.25) is 0 Å². The molecule has 2 aromatic rings. The SMILES string of the molecule is CC(C)c1ccc([C@@H]2C(=C(O)c3ccc(Br)cc3)C(=O)C(=O)N2CCN2CCOCC2)cc1. The molecule has 0 saturated carbocycles. The van der Waals surface area contributed by atoms with Crippen LogP contribution in [0.1, 0.15) is 42.5 Å². The van der Waals surface area contributed by atoms with Crippen LogP contribution < -0.4 is 0 Å². The molecule has 2 aromatic carbocycles. The highest BCUT2D eigenvalue weighted by Gasteiger charge is 2.46. The van der Waals surface area contributed by atoms with Crippen LogP contribution in [0.2, 0.25) is 0 Å². The summed E-state index contributed by atoms with van der Waals surface area (Å²) in [7, 11) is 0. The van der Waals surface area contributed by atoms with Crippen molar-refractivity contribution < 1.29 is 19.4 Å². The zero-order chi connectivity index (χ0) is 23.5. The quantitative estimate of drug-likeness (QED) is 0.354. The van der Waals surface area contributed by atoms with Crippen molar-refractivity contribution in [3.05, 3.63) is 75.3 Å². The van der Waals surface area contributed by atoms with Crippen LogP contribution in [0, 0.1) is 0 Å². The fourth-order valence-corrected chi connectivity index (χ4v) is 4.62. The zero-order valence-electron chi connectivity index (χ0n) is 19.0. The molecule has 1 atom stereocenters. The number of hydrogen-bond acceptors (Lipinski definition) is 5. The first-order chi connectivity index (χ1) is 15.9. The summed E-state index contributed by atoms with van der Waals surface area (Å²) < 4.78 is 6.28. The Morgan fingerprint density at radius 2 is 1.67 bits per heavy atom. The van der Waals surface area contributed by atoms with Gasteiger partial charge >= 0.3 is 0 Å². The molecule has 2 aliphatic rings. The Labute approximate surface area is 203 Å². The number of hydrogen-bond donors (Lipinski definition) is 1. The maximum Gasteiger partial charge on any atom is 0.295 e. The van der Waals surface area contributed by atoms with Crippen molar-refractivity contribution in [1.29, 1.82) is 0 Å². The van der Waals surface area contributed by atoms with E-state index in [9.17, 15) is 14.7 Å². The molecule has 0 bridgehead atoms. The summed E-state index contributed by atoms with van der Waals surface area (Å²) in [6.07, 6.45) is 0. The van der Waals surface area contributed by atoms with E-state index in [0.717, 1.165) is 23.1 Å². The number of Topliss-reactive ketones (excluding diaryl/α,β-unsaturated/α-hetero) is 1. The number of benzene rings is 2. The van der Waals surface area contributed by atoms with Crippen molar-refractivity contribution >= 4 is 33.4 Å². The molecule has 0 radical (unpaired) electrons. The number of ether oxygens (including phenoxy) is 1. The first kappa shape index (κ1) is 23.7. The molecule has 2 fully saturated rings. The van der Waals surface area contributed by atoms with Crippen molar-refractivity contribution in [3.8, 4) is 0 Å². The van der Waals surface area contributed by atoms with Crippen LogP contribution in [-0.2, 0) is 14.3 Å². The monoisotopic (exact) mass is 512 g/mol. The molecular formula is C26H29BrN2O4. The molecule has 2 saturated heterocycles. The first-order valence-corrected chi connectivity index (χ1v) is 12.1. The van der Waals surface area contributed by atoms with Crippen LogP contribution in [-0.4, -0.2) is 66.0 Å². The fraction of sp³-hybridized carbons (Fsp3) is 0.385. The van der Waals surface area contributed by atoms with E-state index >= 15 is 0 Å². The lowest BCUT2D eigenvalue weighted by Gasteiger charge is -2.31. The number of amides is 1. The van der Waals surface area contributed by atoms with Gasteiger partial charge in [0.25, 0.3) is 11.7 Å². The van der Waals surface area contributed by atoms with E-state index in [1.165, 1.54) is 5.56 Å². The number of carbonyl (C=O) groups excluding carboxylic acids is 2. The summed E-state index contributed by atoms with van der Waals surface area (Å²) >= 11 is 3.39. The van der Waals surface area contributed by atoms with Crippen LogP contribution in [0.25, 0.3) is 5.76 Å². The smallest absolute Gasteiger partial charge is 0.295 e. The third kappa shape index (κ3) is 5.05. The van der Waals surface area contributed by atoms with Crippen molar-refractivity contribution in [3.63, 3.8) is 0 Å². The summed E-state index contributed by atoms with van der Waals surface area (Å²) in [5.41, 5.74) is 2.64. The number of aliphatic hydroxyl groups is 1. The number of nitrogens with zero attached hydrogens (tertiary/aromatic N) is 2. The Balaban J connectivity index is 1.73. The molecule has 4 rings (SSSR count). The minimum Gasteiger partial charge on any atom is -0.507 e. The van der Waals surface area contributed by atoms with E-state index in [-0.39, 0.29) is 11.3 Å². The van der Waals surface area contributed by atoms with Crippen LogP contribution in [0.15, 0.2) is 58.6 Å². The van der Waals surface area contributed by atoms with Gasteiger partial charge in [0, 0.05) is 36.2 Å². The average molecular weight is 513 g/mol. The molecule has 2 aliphatic heterocycles. The number of ketones is 1. The van der Waals surface area contributed by atoms with E-state index in [1.807, 2.05) is 24.3 Å². The number of likely N-dealkylation sites (tertiary alicyclic amines) is 1. The molecule has 1 N–H and O–H groups in total. The van der Waals surface area contributed by atoms with Gasteiger partial charge in [0.15, 0.2) is 0 Å². The van der Waals surface area contributed by atoms with Gasteiger partial charge in [0.05, 0.1) is 24.8 Å². The van der Waals surface area contributed by atoms with Crippen molar-refractivity contribution in [2.45, 2.75) is 25.8 Å². The summed E-state index contributed by atoms with van der Waals surface area (Å²) in [5.74, 6) is -0.989. The molecule has 33 heavy (non-hydrogen) atoms. The van der Waals surface area contributed by atoms with E-state index in [2.05, 4.69) is 34.7 Å². The Hall–Kier alpha value is -2.48. The van der Waals surface area contributed by atoms with Crippen molar-refractivity contribution in [2.24, 2.45) is 0 Å². The minimum atomic E-state index is -0.643. The van der Waals surface area contributed by atoms with Gasteiger partial charge in [-0.3, -0.25) is 14.5 Å². The third-order valence-corrected chi connectivity index (χ3v) is 6.87. The van der Waals surface area contributed by atoms with Crippen LogP contribution >= 0.6 is 15.9 Å². The molecule has 0 spiro atoms. The summed E-state index contributed by atoms with van der Waals surface area (Å²) in [6.45, 7) is 8.24. The second kappa shape index (κ2) is 10.2. The van der Waals surface area contributed by atoms with E-state index < -0.39 is 17.7 Å². The van der Waals surface area contributed by atoms with Crippen molar-refractivity contribution in [2.75, 3.05) is 39.4 Å². The van der Waals surface area contributed by atoms with Gasteiger partial charge in [-0.25, -0.2) is 0 Å². The molecule has 7 heteroatoms. The number of carbonyl (C=O) groups is 2. The van der Waals surface area contributed by atoms with Gasteiger partial charge in [0.1, 0.15) is 5.76 Å². The summed E-state index contributed by atoms with van der Waals surface area (Å²) in [5, 5.41) is 11.1. The second-order valence-corrected chi connectivity index (χ2v) is 9.69. The molecular weight excluding hydrogens is 484 g/mol. The highest BCUT2D eigenvalue weighted by molar-refractivity contribution is 9.10. The molecule has 2 heterocycles. The summed E-state index contributed by atoms with van der Waals surface area (Å²) in [6, 6.07) is 14.4. The molecule has 1 amide bonds. The molecule has 0 aliphatic carbocycles. The lowest BCUT2D eigenvalue weighted by Crippen LogP contribution is -2.42. The van der Waals surface area contributed by atoms with Gasteiger partial charge in [-0.1, -0.05) is 66.2 Å². The lowest BCUT2D eigenvalue weighted by molar-refractivity contribution is -0.140. The highest BCUT2D eigenvalue weighted by atomic mass is 79.9. The Kier molecular flexibility index (Phi) is 7.32. The van der Waals surface area contributed by atoms with E-state index in [4.69, 9.17) is 4.74 Å². The van der Waals surface area contributed by atoms with Crippen LogP contribution in [0.3, 0.4) is 0 Å². The molecule has 174 valence electrons. The predicted octanol–water partition coefficient (Wildman–Crippen LogP) is 4.33. The van der Waals surface area contributed by atoms with Gasteiger partial charge in [-0.15, -0.1) is 0 Å². The van der Waals surface area contributed by atoms with E-state index in [0.29, 0.717) is 37.8 Å². The Morgan fingerprint density at radius 3 is 2.27 bits per heavy atom. The molecule has 0 aromatic heterocycles. The predicted molar refractivity (Wildman–Crippen MR) is 131 cm³/mol. The number of aliphatic hydroxyl groups excluding tert-OH is 1. The second-order valence-electron chi connectivity index (χ2n) is 8.77. The average Bonchev–Trinajstić information content (AvgIpc) is 3.08. The number of morpholine rings is 1. The molecule has 0 unspecified atom stereocenters. The van der Waals surface area contributed by atoms with Crippen LogP contribution in [0.5, 0.6) is 0 Å². The summed E-state index contributed by atoms with van der Waals surface area (Å²) in [4.78, 5) is 30.1. The minimum absolute atomic E-state index is 0.140. The maximum atomic E-state index is 13.2. The van der Waals surface area contributed by atoms with Gasteiger partial charge in [-0.2, -0.15) is 0 Å². The fourth-order valence-electron chi connectivity index (χ4n) is 4.36. The van der Waals surface area contributed by atoms with Crippen molar-refractivity contribution in [1.82, 2.24) is 9.80 Å². The van der Waals surface area contributed by atoms with Gasteiger partial charge < -0.3 is 14.7 Å².